The Balaban J connectivity index is 1.49. The van der Waals surface area contributed by atoms with Gasteiger partial charge >= 0.3 is 11.9 Å². The zero-order valence-electron chi connectivity index (χ0n) is 13.0. The van der Waals surface area contributed by atoms with Crippen LogP contribution >= 0.6 is 0 Å². The van der Waals surface area contributed by atoms with Crippen molar-refractivity contribution < 1.29 is 19.1 Å². The molecule has 0 aromatic rings. The standard InChI is InChI=1S/C18H22O4/c1-21-17(19)15-9-5-3-7(5)11-13(9)14-10(15)6-4-8(6)12(14)16(11)18(20)22-2/h5-16H,3-4H2,1-2H3/t5-,6+,7+,8-,9-,10-,11+,12-,13?,14?,15?,16?/m1/s1. The fourth-order valence-electron chi connectivity index (χ4n) is 8.36. The van der Waals surface area contributed by atoms with E-state index in [2.05, 4.69) is 0 Å². The molecule has 0 aromatic carbocycles. The molecule has 0 bridgehead atoms. The van der Waals surface area contributed by atoms with Crippen LogP contribution in [0, 0.1) is 71.0 Å². The van der Waals surface area contributed by atoms with Crippen LogP contribution in [0.15, 0.2) is 0 Å². The summed E-state index contributed by atoms with van der Waals surface area (Å²) in [5, 5.41) is 0. The molecule has 0 N–H and O–H groups in total. The van der Waals surface area contributed by atoms with Gasteiger partial charge in [0, 0.05) is 0 Å². The van der Waals surface area contributed by atoms with Crippen LogP contribution < -0.4 is 0 Å². The Morgan fingerprint density at radius 1 is 0.636 bits per heavy atom. The molecule has 12 atom stereocenters. The number of esters is 2. The van der Waals surface area contributed by atoms with Crippen LogP contribution in [0.2, 0.25) is 0 Å². The van der Waals surface area contributed by atoms with Crippen LogP contribution in [0.25, 0.3) is 0 Å². The van der Waals surface area contributed by atoms with Crippen molar-refractivity contribution in [3.8, 4) is 0 Å². The van der Waals surface area contributed by atoms with Gasteiger partial charge in [0.2, 0.25) is 0 Å². The van der Waals surface area contributed by atoms with Gasteiger partial charge in [-0.05, 0) is 72.0 Å². The molecular weight excluding hydrogens is 280 g/mol. The van der Waals surface area contributed by atoms with Gasteiger partial charge in [-0.25, -0.2) is 0 Å². The monoisotopic (exact) mass is 302 g/mol. The largest absolute Gasteiger partial charge is 0.469 e. The number of hydrogen-bond donors (Lipinski definition) is 0. The Hall–Kier alpha value is -1.06. The first-order valence-corrected chi connectivity index (χ1v) is 8.84. The Morgan fingerprint density at radius 3 is 1.23 bits per heavy atom. The SMILES string of the molecule is COC(=O)C1[C@H]2C3C4[C@@H](C(C(=O)OC)[C@@H]3[C@@H]3C[C@H]23)[C@H]2C[C@H]2[C@@H]14. The number of hydrogen-bond acceptors (Lipinski definition) is 4. The first-order valence-electron chi connectivity index (χ1n) is 8.84. The molecule has 6 aliphatic rings. The Morgan fingerprint density at radius 2 is 0.955 bits per heavy atom. The Kier molecular flexibility index (Phi) is 1.99. The van der Waals surface area contributed by atoms with Crippen LogP contribution in [0.1, 0.15) is 12.8 Å². The van der Waals surface area contributed by atoms with Gasteiger partial charge in [-0.1, -0.05) is 0 Å². The third kappa shape index (κ3) is 1.09. The minimum absolute atomic E-state index is 0.0385. The summed E-state index contributed by atoms with van der Waals surface area (Å²) >= 11 is 0. The highest BCUT2D eigenvalue weighted by molar-refractivity contribution is 5.77. The van der Waals surface area contributed by atoms with E-state index in [1.54, 1.807) is 14.2 Å². The topological polar surface area (TPSA) is 52.6 Å². The maximum atomic E-state index is 12.5. The van der Waals surface area contributed by atoms with Gasteiger partial charge in [-0.3, -0.25) is 9.59 Å². The number of rotatable bonds is 2. The number of carbonyl (C=O) groups is 2. The van der Waals surface area contributed by atoms with Crippen molar-refractivity contribution in [2.24, 2.45) is 71.0 Å². The van der Waals surface area contributed by atoms with E-state index in [0.717, 1.165) is 0 Å². The third-order valence-corrected chi connectivity index (χ3v) is 8.59. The van der Waals surface area contributed by atoms with Gasteiger partial charge in [0.1, 0.15) is 0 Å². The van der Waals surface area contributed by atoms with E-state index >= 15 is 0 Å². The summed E-state index contributed by atoms with van der Waals surface area (Å²) in [6.07, 6.45) is 2.46. The second-order valence-corrected chi connectivity index (χ2v) is 8.69. The summed E-state index contributed by atoms with van der Waals surface area (Å²) in [5.74, 6) is 6.37. The van der Waals surface area contributed by atoms with Crippen molar-refractivity contribution in [3.05, 3.63) is 0 Å². The first kappa shape index (κ1) is 12.4. The van der Waals surface area contributed by atoms with E-state index in [-0.39, 0.29) is 23.8 Å². The summed E-state index contributed by atoms with van der Waals surface area (Å²) in [4.78, 5) is 25.0. The highest BCUT2D eigenvalue weighted by Crippen LogP contribution is 2.84. The maximum absolute atomic E-state index is 12.5. The normalized spacial score (nSPS) is 63.9. The van der Waals surface area contributed by atoms with Crippen LogP contribution in [-0.4, -0.2) is 26.2 Å². The molecule has 22 heavy (non-hydrogen) atoms. The van der Waals surface area contributed by atoms with Crippen LogP contribution in [0.4, 0.5) is 0 Å². The molecule has 0 aromatic heterocycles. The number of methoxy groups -OCH3 is 2. The predicted octanol–water partition coefficient (Wildman–Crippen LogP) is 1.59. The fourth-order valence-corrected chi connectivity index (χ4v) is 8.36. The summed E-state index contributed by atoms with van der Waals surface area (Å²) in [6.45, 7) is 0. The molecule has 0 spiro atoms. The lowest BCUT2D eigenvalue weighted by Gasteiger charge is -2.26. The molecule has 0 heterocycles. The van der Waals surface area contributed by atoms with E-state index in [1.165, 1.54) is 12.8 Å². The summed E-state index contributed by atoms with van der Waals surface area (Å²) in [7, 11) is 3.09. The molecule has 118 valence electrons. The average molecular weight is 302 g/mol. The van der Waals surface area contributed by atoms with E-state index in [1.807, 2.05) is 0 Å². The lowest BCUT2D eigenvalue weighted by atomic mass is 9.79. The van der Waals surface area contributed by atoms with Gasteiger partial charge in [0.25, 0.3) is 0 Å². The van der Waals surface area contributed by atoms with Gasteiger partial charge in [0.15, 0.2) is 0 Å². The molecule has 4 heteroatoms. The van der Waals surface area contributed by atoms with E-state index in [0.29, 0.717) is 59.2 Å². The second-order valence-electron chi connectivity index (χ2n) is 8.69. The quantitative estimate of drug-likeness (QED) is 0.727. The van der Waals surface area contributed by atoms with Crippen molar-refractivity contribution in [2.45, 2.75) is 12.8 Å². The maximum Gasteiger partial charge on any atom is 0.309 e. The summed E-state index contributed by atoms with van der Waals surface area (Å²) in [6, 6.07) is 0. The molecule has 6 fully saturated rings. The van der Waals surface area contributed by atoms with Gasteiger partial charge in [-0.2, -0.15) is 0 Å². The summed E-state index contributed by atoms with van der Waals surface area (Å²) < 4.78 is 10.4. The number of fused-ring (bicyclic) bond motifs is 6. The highest BCUT2D eigenvalue weighted by atomic mass is 16.5. The van der Waals surface area contributed by atoms with Crippen molar-refractivity contribution in [2.75, 3.05) is 14.2 Å². The molecule has 0 amide bonds. The Labute approximate surface area is 129 Å². The van der Waals surface area contributed by atoms with Crippen LogP contribution in [0.5, 0.6) is 0 Å². The van der Waals surface area contributed by atoms with Crippen LogP contribution in [0.3, 0.4) is 0 Å². The molecule has 4 nitrogen and oxygen atoms in total. The van der Waals surface area contributed by atoms with Crippen molar-refractivity contribution in [1.82, 2.24) is 0 Å². The number of ether oxygens (including phenoxy) is 2. The predicted molar refractivity (Wildman–Crippen MR) is 75.1 cm³/mol. The van der Waals surface area contributed by atoms with Crippen molar-refractivity contribution in [1.29, 1.82) is 0 Å². The minimum Gasteiger partial charge on any atom is -0.469 e. The molecule has 6 saturated carbocycles. The molecule has 4 unspecified atom stereocenters. The molecular formula is C18H22O4. The third-order valence-electron chi connectivity index (χ3n) is 8.59. The minimum atomic E-state index is 0.0385. The zero-order chi connectivity index (χ0) is 14.9. The molecule has 0 saturated heterocycles. The first-order chi connectivity index (χ1) is 10.7. The van der Waals surface area contributed by atoms with Crippen LogP contribution in [-0.2, 0) is 19.1 Å². The van der Waals surface area contributed by atoms with Gasteiger partial charge < -0.3 is 9.47 Å². The smallest absolute Gasteiger partial charge is 0.309 e. The van der Waals surface area contributed by atoms with Crippen molar-refractivity contribution in [3.63, 3.8) is 0 Å². The van der Waals surface area contributed by atoms with Crippen molar-refractivity contribution >= 4 is 11.9 Å². The molecule has 6 rings (SSSR count). The lowest BCUT2D eigenvalue weighted by molar-refractivity contribution is -0.149. The average Bonchev–Trinajstić information content (AvgIpc) is 3.35. The van der Waals surface area contributed by atoms with Gasteiger partial charge in [-0.15, -0.1) is 0 Å². The Bertz CT molecular complexity index is 516. The fraction of sp³-hybridized carbons (Fsp3) is 0.889. The van der Waals surface area contributed by atoms with E-state index < -0.39 is 0 Å². The summed E-state index contributed by atoms with van der Waals surface area (Å²) in [5.41, 5.74) is 0. The van der Waals surface area contributed by atoms with Gasteiger partial charge in [0.05, 0.1) is 26.1 Å². The van der Waals surface area contributed by atoms with E-state index in [4.69, 9.17) is 9.47 Å². The zero-order valence-corrected chi connectivity index (χ0v) is 13.0. The molecule has 6 aliphatic carbocycles. The molecule has 0 radical (unpaired) electrons. The highest BCUT2D eigenvalue weighted by Gasteiger charge is 2.83. The second kappa shape index (κ2) is 3.54. The molecule has 0 aliphatic heterocycles. The van der Waals surface area contributed by atoms with E-state index in [9.17, 15) is 9.59 Å². The lowest BCUT2D eigenvalue weighted by Crippen LogP contribution is -2.32. The number of carbonyl (C=O) groups excluding carboxylic acids is 2.